The summed E-state index contributed by atoms with van der Waals surface area (Å²) < 4.78 is 15.8. The lowest BCUT2D eigenvalue weighted by atomic mass is 10.1. The van der Waals surface area contributed by atoms with Crippen molar-refractivity contribution < 1.29 is 9.18 Å². The third kappa shape index (κ3) is 4.81. The molecule has 0 radical (unpaired) electrons. The van der Waals surface area contributed by atoms with Crippen molar-refractivity contribution in [3.05, 3.63) is 93.2 Å². The number of thiazole rings is 1. The zero-order chi connectivity index (χ0) is 20.2. The zero-order valence-electron chi connectivity index (χ0n) is 15.3. The van der Waals surface area contributed by atoms with Gasteiger partial charge < -0.3 is 10.6 Å². The fourth-order valence-corrected chi connectivity index (χ4v) is 4.10. The Bertz CT molecular complexity index is 1160. The molecule has 0 aliphatic rings. The summed E-state index contributed by atoms with van der Waals surface area (Å²) in [6.07, 6.45) is 0. The van der Waals surface area contributed by atoms with Crippen LogP contribution in [0.1, 0.15) is 20.9 Å². The van der Waals surface area contributed by atoms with Crippen LogP contribution < -0.4 is 10.6 Å². The van der Waals surface area contributed by atoms with E-state index in [4.69, 9.17) is 0 Å². The molecule has 3 aromatic carbocycles. The number of fused-ring (bicyclic) bond motifs is 1. The molecule has 146 valence electrons. The van der Waals surface area contributed by atoms with Gasteiger partial charge in [-0.15, -0.1) is 11.3 Å². The minimum absolute atomic E-state index is 0.152. The third-order valence-corrected chi connectivity index (χ3v) is 5.91. The van der Waals surface area contributed by atoms with Gasteiger partial charge in [-0.25, -0.2) is 9.37 Å². The minimum Gasteiger partial charge on any atom is -0.379 e. The highest BCUT2D eigenvalue weighted by Crippen LogP contribution is 2.25. The number of benzene rings is 3. The number of nitrogens with zero attached hydrogens (tertiary/aromatic N) is 1. The summed E-state index contributed by atoms with van der Waals surface area (Å²) in [4.78, 5) is 16.9. The van der Waals surface area contributed by atoms with Crippen LogP contribution in [-0.4, -0.2) is 10.9 Å². The highest BCUT2D eigenvalue weighted by Gasteiger charge is 2.08. The lowest BCUT2D eigenvalue weighted by Crippen LogP contribution is -2.23. The van der Waals surface area contributed by atoms with Crippen LogP contribution in [-0.2, 0) is 13.1 Å². The van der Waals surface area contributed by atoms with Crippen LogP contribution in [0.25, 0.3) is 10.2 Å². The molecule has 7 heteroatoms. The number of carbonyl (C=O) groups is 1. The van der Waals surface area contributed by atoms with E-state index in [0.717, 1.165) is 25.4 Å². The van der Waals surface area contributed by atoms with E-state index in [1.165, 1.54) is 6.07 Å². The Kier molecular flexibility index (Phi) is 5.87. The molecule has 4 nitrogen and oxygen atoms in total. The highest BCUT2D eigenvalue weighted by atomic mass is 79.9. The minimum atomic E-state index is -0.324. The quantitative estimate of drug-likeness (QED) is 0.378. The molecule has 4 rings (SSSR count). The number of hydrogen-bond donors (Lipinski definition) is 2. The second-order valence-electron chi connectivity index (χ2n) is 6.42. The Morgan fingerprint density at radius 1 is 1.03 bits per heavy atom. The summed E-state index contributed by atoms with van der Waals surface area (Å²) in [6, 6.07) is 19.7. The summed E-state index contributed by atoms with van der Waals surface area (Å²) in [5, 5.41) is 7.05. The number of nitrogens with one attached hydrogen (secondary N) is 2. The summed E-state index contributed by atoms with van der Waals surface area (Å²) in [5.41, 5.74) is 2.86. The number of anilines is 1. The van der Waals surface area contributed by atoms with E-state index < -0.39 is 0 Å². The van der Waals surface area contributed by atoms with Crippen LogP contribution in [0.3, 0.4) is 0 Å². The van der Waals surface area contributed by atoms with E-state index in [0.29, 0.717) is 17.7 Å². The largest absolute Gasteiger partial charge is 0.379 e. The molecule has 0 bridgehead atoms. The molecule has 0 unspecified atom stereocenters. The van der Waals surface area contributed by atoms with Gasteiger partial charge in [0.2, 0.25) is 0 Å². The zero-order valence-corrected chi connectivity index (χ0v) is 17.7. The van der Waals surface area contributed by atoms with Crippen LogP contribution in [0.4, 0.5) is 10.1 Å². The number of rotatable bonds is 6. The number of hydrogen-bond acceptors (Lipinski definition) is 4. The topological polar surface area (TPSA) is 54.0 Å². The van der Waals surface area contributed by atoms with Gasteiger partial charge in [-0.05, 0) is 48.5 Å². The molecule has 29 heavy (non-hydrogen) atoms. The van der Waals surface area contributed by atoms with Crippen molar-refractivity contribution in [1.82, 2.24) is 10.3 Å². The van der Waals surface area contributed by atoms with E-state index >= 15 is 0 Å². The van der Waals surface area contributed by atoms with Crippen molar-refractivity contribution in [1.29, 1.82) is 0 Å². The molecule has 0 atom stereocenters. The molecule has 1 aromatic heterocycles. The molecule has 0 saturated carbocycles. The van der Waals surface area contributed by atoms with Gasteiger partial charge in [0.15, 0.2) is 0 Å². The van der Waals surface area contributed by atoms with E-state index in [1.807, 2.05) is 24.3 Å². The Morgan fingerprint density at radius 3 is 2.62 bits per heavy atom. The van der Waals surface area contributed by atoms with Crippen LogP contribution >= 0.6 is 27.3 Å². The number of amides is 1. The van der Waals surface area contributed by atoms with E-state index in [2.05, 4.69) is 37.6 Å². The van der Waals surface area contributed by atoms with Crippen molar-refractivity contribution in [3.63, 3.8) is 0 Å². The van der Waals surface area contributed by atoms with E-state index in [9.17, 15) is 9.18 Å². The molecule has 4 aromatic rings. The molecule has 0 aliphatic heterocycles. The predicted octanol–water partition coefficient (Wildman–Crippen LogP) is 5.74. The smallest absolute Gasteiger partial charge is 0.251 e. The maximum atomic E-state index is 13.6. The van der Waals surface area contributed by atoms with Crippen LogP contribution in [0, 0.1) is 5.82 Å². The molecule has 2 N–H and O–H groups in total. The number of carbonyl (C=O) groups excluding carboxylic acids is 1. The first-order chi connectivity index (χ1) is 14.1. The van der Waals surface area contributed by atoms with Crippen molar-refractivity contribution >= 4 is 49.1 Å². The predicted molar refractivity (Wildman–Crippen MR) is 119 cm³/mol. The highest BCUT2D eigenvalue weighted by molar-refractivity contribution is 9.10. The molecule has 1 amide bonds. The van der Waals surface area contributed by atoms with Gasteiger partial charge in [0, 0.05) is 27.8 Å². The molecule has 1 heterocycles. The van der Waals surface area contributed by atoms with Gasteiger partial charge in [-0.1, -0.05) is 34.1 Å². The first kappa shape index (κ1) is 19.5. The Hall–Kier alpha value is -2.77. The van der Waals surface area contributed by atoms with Gasteiger partial charge >= 0.3 is 0 Å². The van der Waals surface area contributed by atoms with Crippen LogP contribution in [0.2, 0.25) is 0 Å². The fraction of sp³-hybridized carbons (Fsp3) is 0.0909. The summed E-state index contributed by atoms with van der Waals surface area (Å²) in [5.74, 6) is -0.564. The summed E-state index contributed by atoms with van der Waals surface area (Å²) in [6.45, 7) is 0.759. The SMILES string of the molecule is O=C(NCc1ccccc1F)c1ccc(NCc2nc3cc(Br)ccc3s2)cc1. The van der Waals surface area contributed by atoms with E-state index in [-0.39, 0.29) is 18.3 Å². The van der Waals surface area contributed by atoms with Crippen LogP contribution in [0.15, 0.2) is 71.2 Å². The van der Waals surface area contributed by atoms with Crippen LogP contribution in [0.5, 0.6) is 0 Å². The average Bonchev–Trinajstić information content (AvgIpc) is 3.14. The van der Waals surface area contributed by atoms with Gasteiger partial charge in [0.1, 0.15) is 10.8 Å². The van der Waals surface area contributed by atoms with Gasteiger partial charge in [-0.2, -0.15) is 0 Å². The second kappa shape index (κ2) is 8.71. The third-order valence-electron chi connectivity index (χ3n) is 4.38. The molecular weight excluding hydrogens is 453 g/mol. The maximum absolute atomic E-state index is 13.6. The Morgan fingerprint density at radius 2 is 1.83 bits per heavy atom. The summed E-state index contributed by atoms with van der Waals surface area (Å²) in [7, 11) is 0. The standard InChI is InChI=1S/C22H17BrFN3OS/c23-16-7-10-20-19(11-16)27-21(29-20)13-25-17-8-5-14(6-9-17)22(28)26-12-15-3-1-2-4-18(15)24/h1-11,25H,12-13H2,(H,26,28). The van der Waals surface area contributed by atoms with Gasteiger partial charge in [-0.3, -0.25) is 4.79 Å². The summed E-state index contributed by atoms with van der Waals surface area (Å²) >= 11 is 5.11. The van der Waals surface area contributed by atoms with E-state index in [1.54, 1.807) is 41.7 Å². The van der Waals surface area contributed by atoms with Crippen molar-refractivity contribution in [2.45, 2.75) is 13.1 Å². The molecule has 0 aliphatic carbocycles. The first-order valence-corrected chi connectivity index (χ1v) is 10.6. The molecular formula is C22H17BrFN3OS. The average molecular weight is 470 g/mol. The van der Waals surface area contributed by atoms with Crippen molar-refractivity contribution in [3.8, 4) is 0 Å². The molecule has 0 saturated heterocycles. The lowest BCUT2D eigenvalue weighted by Gasteiger charge is -2.08. The lowest BCUT2D eigenvalue weighted by molar-refractivity contribution is 0.0950. The molecule has 0 fully saturated rings. The Labute approximate surface area is 179 Å². The van der Waals surface area contributed by atoms with Gasteiger partial charge in [0.05, 0.1) is 16.8 Å². The first-order valence-electron chi connectivity index (χ1n) is 8.99. The number of halogens is 2. The fourth-order valence-electron chi connectivity index (χ4n) is 2.86. The maximum Gasteiger partial charge on any atom is 0.251 e. The van der Waals surface area contributed by atoms with Gasteiger partial charge in [0.25, 0.3) is 5.91 Å². The number of aromatic nitrogens is 1. The van der Waals surface area contributed by atoms with Crippen molar-refractivity contribution in [2.75, 3.05) is 5.32 Å². The normalized spacial score (nSPS) is 10.8. The monoisotopic (exact) mass is 469 g/mol. The molecule has 0 spiro atoms. The van der Waals surface area contributed by atoms with Crippen molar-refractivity contribution in [2.24, 2.45) is 0 Å². The second-order valence-corrected chi connectivity index (χ2v) is 8.46. The Balaban J connectivity index is 1.34.